The van der Waals surface area contributed by atoms with Crippen LogP contribution in [-0.2, 0) is 0 Å². The molecule has 2 heterocycles. The number of hydrogen-bond acceptors (Lipinski definition) is 4. The van der Waals surface area contributed by atoms with E-state index >= 15 is 0 Å². The Morgan fingerprint density at radius 2 is 1.82 bits per heavy atom. The van der Waals surface area contributed by atoms with E-state index in [-0.39, 0.29) is 11.7 Å². The Morgan fingerprint density at radius 3 is 2.45 bits per heavy atom. The lowest BCUT2D eigenvalue weighted by Gasteiger charge is -2.37. The summed E-state index contributed by atoms with van der Waals surface area (Å²) in [5.74, 6) is 0.335. The third-order valence-corrected chi connectivity index (χ3v) is 4.26. The Kier molecular flexibility index (Phi) is 4.38. The molecule has 0 unspecified atom stereocenters. The van der Waals surface area contributed by atoms with Crippen molar-refractivity contribution in [3.05, 3.63) is 35.6 Å². The number of hydrogen-bond donors (Lipinski definition) is 0. The van der Waals surface area contributed by atoms with Crippen molar-refractivity contribution in [2.45, 2.75) is 6.92 Å². The zero-order valence-corrected chi connectivity index (χ0v) is 12.8. The first kappa shape index (κ1) is 15.0. The summed E-state index contributed by atoms with van der Waals surface area (Å²) in [6.45, 7) is 8.21. The second kappa shape index (κ2) is 6.44. The van der Waals surface area contributed by atoms with Gasteiger partial charge in [-0.1, -0.05) is 6.92 Å². The third-order valence-electron chi connectivity index (χ3n) is 4.26. The highest BCUT2D eigenvalue weighted by Crippen LogP contribution is 2.14. The molecule has 2 aliphatic rings. The van der Waals surface area contributed by atoms with Crippen molar-refractivity contribution in [2.24, 2.45) is 4.99 Å². The van der Waals surface area contributed by atoms with E-state index in [1.54, 1.807) is 4.90 Å². The Hall–Kier alpha value is -1.95. The number of piperazine rings is 1. The van der Waals surface area contributed by atoms with Crippen LogP contribution in [-0.4, -0.2) is 72.4 Å². The fraction of sp³-hybridized carbons (Fsp3) is 0.500. The van der Waals surface area contributed by atoms with Crippen molar-refractivity contribution in [1.29, 1.82) is 0 Å². The molecule has 1 aromatic carbocycles. The van der Waals surface area contributed by atoms with Crippen molar-refractivity contribution in [3.8, 4) is 0 Å². The minimum absolute atomic E-state index is 0.103. The van der Waals surface area contributed by atoms with E-state index < -0.39 is 0 Å². The molecule has 0 atom stereocenters. The molecular weight excluding hydrogens is 283 g/mol. The summed E-state index contributed by atoms with van der Waals surface area (Å²) in [6, 6.07) is 5.70. The van der Waals surface area contributed by atoms with Crippen molar-refractivity contribution in [3.63, 3.8) is 0 Å². The van der Waals surface area contributed by atoms with Crippen LogP contribution in [0.4, 0.5) is 4.39 Å². The highest BCUT2D eigenvalue weighted by molar-refractivity contribution is 6.06. The summed E-state index contributed by atoms with van der Waals surface area (Å²) < 4.78 is 13.0. The average molecular weight is 304 g/mol. The molecule has 118 valence electrons. The van der Waals surface area contributed by atoms with Crippen molar-refractivity contribution in [2.75, 3.05) is 45.8 Å². The standard InChI is InChI=1S/C16H21FN4O/c1-2-19-9-11-20(12-10-19)16-18-7-8-21(16)15(22)13-3-5-14(17)6-4-13/h3-6H,2,7-12H2,1H3. The molecule has 0 N–H and O–H groups in total. The van der Waals surface area contributed by atoms with E-state index in [1.807, 2.05) is 0 Å². The zero-order valence-electron chi connectivity index (χ0n) is 12.8. The summed E-state index contributed by atoms with van der Waals surface area (Å²) >= 11 is 0. The predicted molar refractivity (Wildman–Crippen MR) is 83.4 cm³/mol. The van der Waals surface area contributed by atoms with Crippen molar-refractivity contribution >= 4 is 11.9 Å². The second-order valence-corrected chi connectivity index (χ2v) is 5.57. The molecule has 1 fully saturated rings. The van der Waals surface area contributed by atoms with Crippen LogP contribution in [0.25, 0.3) is 0 Å². The molecule has 0 aliphatic carbocycles. The number of carbonyl (C=O) groups is 1. The van der Waals surface area contributed by atoms with Gasteiger partial charge in [0.05, 0.1) is 6.54 Å². The monoisotopic (exact) mass is 304 g/mol. The molecule has 1 amide bonds. The maximum atomic E-state index is 13.0. The van der Waals surface area contributed by atoms with Gasteiger partial charge >= 0.3 is 0 Å². The largest absolute Gasteiger partial charge is 0.340 e. The first-order chi connectivity index (χ1) is 10.7. The van der Waals surface area contributed by atoms with Crippen LogP contribution >= 0.6 is 0 Å². The van der Waals surface area contributed by atoms with Gasteiger partial charge in [-0.05, 0) is 30.8 Å². The van der Waals surface area contributed by atoms with Gasteiger partial charge in [-0.2, -0.15) is 0 Å². The fourth-order valence-corrected chi connectivity index (χ4v) is 2.91. The van der Waals surface area contributed by atoms with E-state index in [4.69, 9.17) is 0 Å². The lowest BCUT2D eigenvalue weighted by molar-refractivity contribution is 0.0834. The SMILES string of the molecule is CCN1CCN(C2=NCCN2C(=O)c2ccc(F)cc2)CC1. The summed E-state index contributed by atoms with van der Waals surface area (Å²) in [6.07, 6.45) is 0. The summed E-state index contributed by atoms with van der Waals surface area (Å²) in [5.41, 5.74) is 0.503. The van der Waals surface area contributed by atoms with Gasteiger partial charge in [0.2, 0.25) is 5.96 Å². The van der Waals surface area contributed by atoms with Crippen molar-refractivity contribution < 1.29 is 9.18 Å². The van der Waals surface area contributed by atoms with Gasteiger partial charge in [-0.3, -0.25) is 14.7 Å². The maximum Gasteiger partial charge on any atom is 0.260 e. The van der Waals surface area contributed by atoms with Gasteiger partial charge in [0, 0.05) is 38.3 Å². The molecule has 1 aromatic rings. The molecule has 22 heavy (non-hydrogen) atoms. The number of carbonyl (C=O) groups excluding carboxylic acids is 1. The Bertz CT molecular complexity index is 564. The number of nitrogens with zero attached hydrogens (tertiary/aromatic N) is 4. The average Bonchev–Trinajstić information content (AvgIpc) is 3.04. The smallest absolute Gasteiger partial charge is 0.260 e. The molecular formula is C16H21FN4O. The molecule has 2 aliphatic heterocycles. The van der Waals surface area contributed by atoms with Gasteiger partial charge in [0.25, 0.3) is 5.91 Å². The lowest BCUT2D eigenvalue weighted by atomic mass is 10.2. The van der Waals surface area contributed by atoms with E-state index in [1.165, 1.54) is 24.3 Å². The molecule has 1 saturated heterocycles. The first-order valence-corrected chi connectivity index (χ1v) is 7.78. The van der Waals surface area contributed by atoms with Crippen LogP contribution in [0.3, 0.4) is 0 Å². The second-order valence-electron chi connectivity index (χ2n) is 5.57. The first-order valence-electron chi connectivity index (χ1n) is 7.78. The number of likely N-dealkylation sites (N-methyl/N-ethyl adjacent to an activating group) is 1. The Morgan fingerprint density at radius 1 is 1.14 bits per heavy atom. The number of amides is 1. The summed E-state index contributed by atoms with van der Waals surface area (Å²) in [4.78, 5) is 23.4. The molecule has 6 heteroatoms. The molecule has 0 bridgehead atoms. The number of guanidine groups is 1. The van der Waals surface area contributed by atoms with Crippen LogP contribution in [0.2, 0.25) is 0 Å². The highest BCUT2D eigenvalue weighted by atomic mass is 19.1. The molecule has 0 radical (unpaired) electrons. The topological polar surface area (TPSA) is 39.1 Å². The normalized spacial score (nSPS) is 19.5. The van der Waals surface area contributed by atoms with Gasteiger partial charge in [-0.25, -0.2) is 4.39 Å². The Balaban J connectivity index is 1.70. The van der Waals surface area contributed by atoms with Gasteiger partial charge in [0.15, 0.2) is 0 Å². The van der Waals surface area contributed by atoms with Crippen LogP contribution in [0.1, 0.15) is 17.3 Å². The van der Waals surface area contributed by atoms with E-state index in [0.717, 1.165) is 38.7 Å². The quantitative estimate of drug-likeness (QED) is 0.826. The maximum absolute atomic E-state index is 13.0. The zero-order chi connectivity index (χ0) is 15.5. The fourth-order valence-electron chi connectivity index (χ4n) is 2.91. The predicted octanol–water partition coefficient (Wildman–Crippen LogP) is 1.27. The summed E-state index contributed by atoms with van der Waals surface area (Å²) in [5, 5.41) is 0. The van der Waals surface area contributed by atoms with Crippen LogP contribution in [0.15, 0.2) is 29.3 Å². The molecule has 5 nitrogen and oxygen atoms in total. The molecule has 0 saturated carbocycles. The van der Waals surface area contributed by atoms with E-state index in [9.17, 15) is 9.18 Å². The molecule has 0 aromatic heterocycles. The highest BCUT2D eigenvalue weighted by Gasteiger charge is 2.30. The lowest BCUT2D eigenvalue weighted by Crippen LogP contribution is -2.53. The number of halogens is 1. The van der Waals surface area contributed by atoms with Crippen molar-refractivity contribution in [1.82, 2.24) is 14.7 Å². The van der Waals surface area contributed by atoms with Gasteiger partial charge in [-0.15, -0.1) is 0 Å². The minimum Gasteiger partial charge on any atom is -0.340 e. The Labute approximate surface area is 130 Å². The van der Waals surface area contributed by atoms with Crippen LogP contribution in [0, 0.1) is 5.82 Å². The third kappa shape index (κ3) is 2.97. The minimum atomic E-state index is -0.331. The number of benzene rings is 1. The van der Waals surface area contributed by atoms with Gasteiger partial charge in [0.1, 0.15) is 5.82 Å². The molecule has 0 spiro atoms. The van der Waals surface area contributed by atoms with Crippen LogP contribution < -0.4 is 0 Å². The van der Waals surface area contributed by atoms with Crippen LogP contribution in [0.5, 0.6) is 0 Å². The number of aliphatic imine (C=N–C) groups is 1. The summed E-state index contributed by atoms with van der Waals surface area (Å²) in [7, 11) is 0. The van der Waals surface area contributed by atoms with Gasteiger partial charge < -0.3 is 9.80 Å². The number of rotatable bonds is 2. The van der Waals surface area contributed by atoms with E-state index in [2.05, 4.69) is 21.7 Å². The van der Waals surface area contributed by atoms with E-state index in [0.29, 0.717) is 18.7 Å². The molecule has 3 rings (SSSR count).